The van der Waals surface area contributed by atoms with E-state index in [-0.39, 0.29) is 6.10 Å². The zero-order valence-electron chi connectivity index (χ0n) is 11.1. The molecule has 1 N–H and O–H groups in total. The molecule has 1 aliphatic heterocycles. The summed E-state index contributed by atoms with van der Waals surface area (Å²) < 4.78 is 10.9. The Morgan fingerprint density at radius 3 is 2.89 bits per heavy atom. The fourth-order valence-electron chi connectivity index (χ4n) is 2.37. The monoisotopic (exact) mass is 259 g/mol. The van der Waals surface area contributed by atoms with E-state index in [4.69, 9.17) is 14.2 Å². The number of aryl methyl sites for hydroxylation is 2. The number of nitrogens with one attached hydrogen (secondary N) is 1. The van der Waals surface area contributed by atoms with Crippen LogP contribution in [-0.2, 0) is 4.74 Å². The highest BCUT2D eigenvalue weighted by atomic mass is 16.5. The van der Waals surface area contributed by atoms with Crippen molar-refractivity contribution in [2.24, 2.45) is 0 Å². The zero-order valence-corrected chi connectivity index (χ0v) is 11.1. The second-order valence-corrected chi connectivity index (χ2v) is 4.71. The average Bonchev–Trinajstić information content (AvgIpc) is 2.79. The fraction of sp³-hybridized carbons (Fsp3) is 0.429. The molecule has 5 nitrogen and oxygen atoms in total. The Labute approximate surface area is 112 Å². The molecule has 3 heterocycles. The zero-order chi connectivity index (χ0) is 13.2. The predicted octanol–water partition coefficient (Wildman–Crippen LogP) is 2.01. The molecule has 100 valence electrons. The van der Waals surface area contributed by atoms with Gasteiger partial charge in [0.2, 0.25) is 0 Å². The Bertz CT molecular complexity index is 554. The summed E-state index contributed by atoms with van der Waals surface area (Å²) in [6, 6.07) is 5.98. The molecule has 5 heteroatoms. The van der Waals surface area contributed by atoms with Crippen molar-refractivity contribution < 1.29 is 9.26 Å². The van der Waals surface area contributed by atoms with Crippen molar-refractivity contribution in [1.82, 2.24) is 15.5 Å². The van der Waals surface area contributed by atoms with Crippen molar-refractivity contribution in [3.8, 4) is 11.3 Å². The van der Waals surface area contributed by atoms with E-state index in [9.17, 15) is 0 Å². The van der Waals surface area contributed by atoms with Crippen LogP contribution in [0.5, 0.6) is 0 Å². The lowest BCUT2D eigenvalue weighted by atomic mass is 10.1. The highest BCUT2D eigenvalue weighted by Gasteiger charge is 2.19. The maximum atomic E-state index is 5.73. The Hall–Kier alpha value is -1.72. The van der Waals surface area contributed by atoms with E-state index in [0.717, 1.165) is 48.1 Å². The molecule has 1 fully saturated rings. The highest BCUT2D eigenvalue weighted by Crippen LogP contribution is 2.27. The van der Waals surface area contributed by atoms with E-state index >= 15 is 0 Å². The minimum absolute atomic E-state index is 0.0224. The molecule has 2 aromatic heterocycles. The Kier molecular flexibility index (Phi) is 3.31. The summed E-state index contributed by atoms with van der Waals surface area (Å²) in [5, 5.41) is 7.29. The molecule has 1 unspecified atom stereocenters. The Balaban J connectivity index is 1.95. The summed E-state index contributed by atoms with van der Waals surface area (Å²) in [5.74, 6) is 0.796. The lowest BCUT2D eigenvalue weighted by Gasteiger charge is -2.23. The first-order valence-corrected chi connectivity index (χ1v) is 6.48. The fourth-order valence-corrected chi connectivity index (χ4v) is 2.37. The van der Waals surface area contributed by atoms with Crippen molar-refractivity contribution in [2.75, 3.05) is 19.7 Å². The number of aromatic nitrogens is 2. The van der Waals surface area contributed by atoms with Gasteiger partial charge in [-0.2, -0.15) is 0 Å². The van der Waals surface area contributed by atoms with Crippen LogP contribution in [0.4, 0.5) is 0 Å². The maximum Gasteiger partial charge on any atom is 0.143 e. The third-order valence-corrected chi connectivity index (χ3v) is 3.32. The van der Waals surface area contributed by atoms with Gasteiger partial charge in [0.05, 0.1) is 29.3 Å². The lowest BCUT2D eigenvalue weighted by molar-refractivity contribution is 0.0251. The molecule has 1 saturated heterocycles. The molecule has 3 rings (SSSR count). The molecule has 2 aromatic rings. The van der Waals surface area contributed by atoms with Crippen molar-refractivity contribution in [1.29, 1.82) is 0 Å². The molecule has 0 amide bonds. The number of rotatable bonds is 2. The van der Waals surface area contributed by atoms with Gasteiger partial charge < -0.3 is 14.6 Å². The molecule has 1 aliphatic rings. The molecule has 0 saturated carbocycles. The van der Waals surface area contributed by atoms with Crippen LogP contribution in [0.25, 0.3) is 11.3 Å². The molecule has 0 radical (unpaired) electrons. The normalized spacial score (nSPS) is 19.6. The highest BCUT2D eigenvalue weighted by molar-refractivity contribution is 5.63. The largest absolute Gasteiger partial charge is 0.369 e. The van der Waals surface area contributed by atoms with E-state index in [1.165, 1.54) is 0 Å². The summed E-state index contributed by atoms with van der Waals surface area (Å²) in [4.78, 5) is 4.70. The van der Waals surface area contributed by atoms with Crippen LogP contribution in [0.2, 0.25) is 0 Å². The second kappa shape index (κ2) is 5.11. The van der Waals surface area contributed by atoms with Crippen LogP contribution >= 0.6 is 0 Å². The first kappa shape index (κ1) is 12.3. The molecule has 0 aliphatic carbocycles. The molecule has 0 spiro atoms. The van der Waals surface area contributed by atoms with Gasteiger partial charge in [-0.1, -0.05) is 11.2 Å². The minimum atomic E-state index is 0.0224. The molecule has 19 heavy (non-hydrogen) atoms. The molecular formula is C14H17N3O2. The van der Waals surface area contributed by atoms with Gasteiger partial charge in [-0.3, -0.25) is 0 Å². The predicted molar refractivity (Wildman–Crippen MR) is 70.8 cm³/mol. The Morgan fingerprint density at radius 2 is 2.21 bits per heavy atom. The van der Waals surface area contributed by atoms with Crippen LogP contribution in [0, 0.1) is 13.8 Å². The van der Waals surface area contributed by atoms with Gasteiger partial charge >= 0.3 is 0 Å². The van der Waals surface area contributed by atoms with Gasteiger partial charge in [0.1, 0.15) is 11.9 Å². The van der Waals surface area contributed by atoms with Gasteiger partial charge in [-0.15, -0.1) is 0 Å². The topological polar surface area (TPSA) is 60.2 Å². The number of morpholine rings is 1. The van der Waals surface area contributed by atoms with Crippen LogP contribution in [0.1, 0.15) is 23.3 Å². The van der Waals surface area contributed by atoms with Gasteiger partial charge in [-0.25, -0.2) is 4.98 Å². The van der Waals surface area contributed by atoms with Gasteiger partial charge in [0.25, 0.3) is 0 Å². The summed E-state index contributed by atoms with van der Waals surface area (Å²) in [6.07, 6.45) is 0.0224. The molecule has 0 aromatic carbocycles. The van der Waals surface area contributed by atoms with Crippen molar-refractivity contribution >= 4 is 0 Å². The van der Waals surface area contributed by atoms with Crippen molar-refractivity contribution in [3.05, 3.63) is 35.3 Å². The molecule has 1 atom stereocenters. The number of nitrogens with zero attached hydrogens (tertiary/aromatic N) is 2. The van der Waals surface area contributed by atoms with Crippen LogP contribution in [0.15, 0.2) is 22.7 Å². The number of pyridine rings is 1. The number of hydrogen-bond acceptors (Lipinski definition) is 5. The summed E-state index contributed by atoms with van der Waals surface area (Å²) >= 11 is 0. The standard InChI is InChI=1S/C14H17N3O2/c1-9-14(10(2)19-17-9)12-5-3-4-11(16-12)13-8-15-6-7-18-13/h3-5,13,15H,6-8H2,1-2H3. The van der Waals surface area contributed by atoms with Gasteiger partial charge in [0, 0.05) is 13.1 Å². The summed E-state index contributed by atoms with van der Waals surface area (Å²) in [5.41, 5.74) is 3.68. The maximum absolute atomic E-state index is 5.73. The first-order valence-electron chi connectivity index (χ1n) is 6.48. The van der Waals surface area contributed by atoms with Crippen LogP contribution < -0.4 is 5.32 Å². The smallest absolute Gasteiger partial charge is 0.143 e. The van der Waals surface area contributed by atoms with E-state index < -0.39 is 0 Å². The van der Waals surface area contributed by atoms with Gasteiger partial charge in [-0.05, 0) is 26.0 Å². The van der Waals surface area contributed by atoms with E-state index in [1.807, 2.05) is 32.0 Å². The molecule has 0 bridgehead atoms. The van der Waals surface area contributed by atoms with Crippen molar-refractivity contribution in [2.45, 2.75) is 20.0 Å². The van der Waals surface area contributed by atoms with E-state index in [1.54, 1.807) is 0 Å². The lowest BCUT2D eigenvalue weighted by Crippen LogP contribution is -2.33. The second-order valence-electron chi connectivity index (χ2n) is 4.71. The SMILES string of the molecule is Cc1noc(C)c1-c1cccc(C2CNCCO2)n1. The number of ether oxygens (including phenoxy) is 1. The van der Waals surface area contributed by atoms with Gasteiger partial charge in [0.15, 0.2) is 0 Å². The molecular weight excluding hydrogens is 242 g/mol. The minimum Gasteiger partial charge on any atom is -0.369 e. The first-order chi connectivity index (χ1) is 9.25. The van der Waals surface area contributed by atoms with E-state index in [2.05, 4.69) is 10.5 Å². The quantitative estimate of drug-likeness (QED) is 0.894. The Morgan fingerprint density at radius 1 is 1.32 bits per heavy atom. The van der Waals surface area contributed by atoms with Crippen molar-refractivity contribution in [3.63, 3.8) is 0 Å². The third-order valence-electron chi connectivity index (χ3n) is 3.32. The van der Waals surface area contributed by atoms with Crippen LogP contribution in [-0.4, -0.2) is 29.8 Å². The summed E-state index contributed by atoms with van der Waals surface area (Å²) in [7, 11) is 0. The summed E-state index contributed by atoms with van der Waals surface area (Å²) in [6.45, 7) is 6.27. The number of hydrogen-bond donors (Lipinski definition) is 1. The third kappa shape index (κ3) is 2.39. The average molecular weight is 259 g/mol. The van der Waals surface area contributed by atoms with Crippen LogP contribution in [0.3, 0.4) is 0 Å². The van der Waals surface area contributed by atoms with E-state index in [0.29, 0.717) is 0 Å².